The summed E-state index contributed by atoms with van der Waals surface area (Å²) in [6, 6.07) is 59.3. The minimum Gasteiger partial charge on any atom is -0.447 e. The van der Waals surface area contributed by atoms with Crippen molar-refractivity contribution in [2.45, 2.75) is 150 Å². The molecule has 8 aromatic carbocycles. The third-order valence-electron chi connectivity index (χ3n) is 26.6. The fourth-order valence-electron chi connectivity index (χ4n) is 19.7. The first-order valence-electron chi connectivity index (χ1n) is 46.1. The Morgan fingerprint density at radius 2 is 0.646 bits per heavy atom. The van der Waals surface area contributed by atoms with Gasteiger partial charge in [-0.05, 0) is 277 Å². The lowest BCUT2D eigenvalue weighted by Gasteiger charge is -2.45. The molecule has 0 unspecified atom stereocenters. The van der Waals surface area contributed by atoms with Gasteiger partial charge in [-0.3, -0.25) is 24.4 Å². The Hall–Kier alpha value is -6.89. The first kappa shape index (κ1) is 97.6. The number of benzene rings is 8. The van der Waals surface area contributed by atoms with Gasteiger partial charge < -0.3 is 39.5 Å². The summed E-state index contributed by atoms with van der Waals surface area (Å²) >= 11 is 51.4. The van der Waals surface area contributed by atoms with Gasteiger partial charge in [-0.2, -0.15) is 11.5 Å². The Kier molecular flexibility index (Phi) is 35.7. The Labute approximate surface area is 797 Å². The maximum absolute atomic E-state index is 12.6. The van der Waals surface area contributed by atoms with E-state index in [1.165, 1.54) is 63.9 Å². The third kappa shape index (κ3) is 27.9. The number of nitrogens with one attached hydrogen (secondary N) is 1. The molecule has 0 saturated carbocycles. The number of rotatable bonds is 18. The molecule has 4 atom stereocenters. The van der Waals surface area contributed by atoms with Crippen molar-refractivity contribution in [2.75, 3.05) is 177 Å². The van der Waals surface area contributed by atoms with Crippen molar-refractivity contribution in [1.82, 2.24) is 39.7 Å². The second-order valence-electron chi connectivity index (χ2n) is 38.0. The van der Waals surface area contributed by atoms with E-state index < -0.39 is 0 Å². The molecular formula is C103H131Cl8N13O3. The summed E-state index contributed by atoms with van der Waals surface area (Å²) in [5.74, 6) is 3.00. The first-order chi connectivity index (χ1) is 61.0. The Balaban J connectivity index is 0.000000145. The minimum atomic E-state index is -0.181. The van der Waals surface area contributed by atoms with E-state index >= 15 is 0 Å². The van der Waals surface area contributed by atoms with Gasteiger partial charge in [-0.1, -0.05) is 186 Å². The predicted octanol–water partition coefficient (Wildman–Crippen LogP) is 24.1. The van der Waals surface area contributed by atoms with Crippen LogP contribution in [-0.4, -0.2) is 210 Å². The highest BCUT2D eigenvalue weighted by Crippen LogP contribution is 2.43. The lowest BCUT2D eigenvalue weighted by atomic mass is 9.90. The second kappa shape index (κ2) is 46.5. The summed E-state index contributed by atoms with van der Waals surface area (Å²) in [7, 11) is 0. The van der Waals surface area contributed by atoms with Crippen LogP contribution < -0.4 is 24.9 Å². The van der Waals surface area contributed by atoms with Gasteiger partial charge in [-0.25, -0.2) is 4.79 Å². The normalized spacial score (nSPS) is 20.7. The fraction of sp³-hybridized carbons (Fsp3) is 0.505. The fourth-order valence-corrected chi connectivity index (χ4v) is 21.5. The molecule has 8 fully saturated rings. The number of hydrogen-bond acceptors (Lipinski definition) is 13. The molecule has 8 heterocycles. The molecule has 127 heavy (non-hydrogen) atoms. The maximum Gasteiger partial charge on any atom is 0.410 e. The molecule has 16 nitrogen and oxygen atoms in total. The van der Waals surface area contributed by atoms with Crippen LogP contribution in [0.25, 0.3) is 4.95 Å². The number of piperazine rings is 4. The average Bonchev–Trinajstić information content (AvgIpc) is 0.801. The average molecular weight is 1880 g/mol. The number of nitrogens with zero attached hydrogens (tertiary/aromatic N) is 12. The minimum absolute atomic E-state index is 0.0463. The van der Waals surface area contributed by atoms with Crippen molar-refractivity contribution in [1.29, 1.82) is 0 Å². The highest BCUT2D eigenvalue weighted by atomic mass is 35.5. The Morgan fingerprint density at radius 3 is 0.906 bits per heavy atom. The number of likely N-dealkylation sites (tertiary alicyclic amines) is 2. The van der Waals surface area contributed by atoms with Gasteiger partial charge in [0.1, 0.15) is 0 Å². The van der Waals surface area contributed by atoms with Crippen LogP contribution in [0.2, 0.25) is 40.2 Å². The van der Waals surface area contributed by atoms with Gasteiger partial charge >= 0.3 is 6.09 Å². The van der Waals surface area contributed by atoms with E-state index in [2.05, 4.69) is 212 Å². The van der Waals surface area contributed by atoms with Gasteiger partial charge in [-0.15, -0.1) is 5.01 Å². The molecule has 8 saturated heterocycles. The number of aryl methyl sites for hydroxylation is 4. The van der Waals surface area contributed by atoms with Gasteiger partial charge in [0.25, 0.3) is 0 Å². The van der Waals surface area contributed by atoms with Crippen molar-refractivity contribution in [3.8, 4) is 0 Å². The van der Waals surface area contributed by atoms with E-state index in [0.29, 0.717) is 30.1 Å². The highest BCUT2D eigenvalue weighted by Gasteiger charge is 2.38. The Bertz CT molecular complexity index is 4890. The first-order valence-corrected chi connectivity index (χ1v) is 49.1. The molecule has 16 rings (SSSR count). The standard InChI is InChI=1S/C29H39Cl2N3O.C27H35Cl2N3O2.C24H28Cl2N4.C23H29Cl2N3/c1-21-5-10-26(25(31)17-21)34-16-15-32(20-27(34)23-6-8-24(30)9-7-23)19-22-11-13-33(14-12-22)28(35)18-29(2,3)4;1-19(2)34-27(33)31-12-10-21(11-13-31)17-30-14-15-32(25-9-4-20(3)16-24(25)29)26(18-30)22-5-7-23(28)8-6-22;1-18-3-8-23(22(26)15-18)30-14-13-28(16-19-9-11-29(27-2)12-10-19)17-24(30)20-4-6-21(25)7-5-20;1-17-2-7-22(21(25)14-17)28-13-12-27(15-18-8-10-26-11-9-18)16-23(28)19-3-5-20(24)6-4-19/h5-10,17,22,27H,11-16,18-20H2,1-4H3;4-9,16,19,21,26H,10-15,17-18H2,1-3H3;3-8,15,19,24H,9-14,16-17H2,1H3;2-7,14,18,23,26H,8-13,15-16H2,1H3/t27-;26-;24-;23-/m0000/s1. The zero-order valence-corrected chi connectivity index (χ0v) is 81.9. The van der Waals surface area contributed by atoms with Crippen LogP contribution in [0.1, 0.15) is 161 Å². The van der Waals surface area contributed by atoms with Gasteiger partial charge in [0, 0.05) is 157 Å². The van der Waals surface area contributed by atoms with Crippen LogP contribution in [0.4, 0.5) is 27.5 Å². The molecule has 8 aliphatic heterocycles. The molecule has 0 aromatic heterocycles. The van der Waals surface area contributed by atoms with Gasteiger partial charge in [0.15, 0.2) is 0 Å². The topological polar surface area (TPSA) is 95.4 Å². The van der Waals surface area contributed by atoms with Crippen LogP contribution in [0.15, 0.2) is 170 Å². The van der Waals surface area contributed by atoms with Crippen LogP contribution in [-0.2, 0) is 9.53 Å². The highest BCUT2D eigenvalue weighted by molar-refractivity contribution is 6.35. The molecule has 2 amide bonds. The monoisotopic (exact) mass is 1880 g/mol. The number of carbonyl (C=O) groups is 2. The summed E-state index contributed by atoms with van der Waals surface area (Å²) in [5, 5.41) is 11.7. The summed E-state index contributed by atoms with van der Waals surface area (Å²) in [6.07, 6.45) is 9.38. The molecule has 682 valence electrons. The molecule has 0 bridgehead atoms. The van der Waals surface area contributed by atoms with Gasteiger partial charge in [0.2, 0.25) is 5.91 Å². The van der Waals surface area contributed by atoms with Crippen molar-refractivity contribution < 1.29 is 14.3 Å². The molecular weight excluding hydrogens is 1750 g/mol. The van der Waals surface area contributed by atoms with Crippen LogP contribution in [0.3, 0.4) is 0 Å². The molecule has 1 N–H and O–H groups in total. The number of carbonyl (C=O) groups excluding carboxylic acids is 2. The van der Waals surface area contributed by atoms with Crippen LogP contribution >= 0.6 is 92.8 Å². The van der Waals surface area contributed by atoms with E-state index in [9.17, 15) is 9.59 Å². The number of amides is 2. The van der Waals surface area contributed by atoms with Crippen molar-refractivity contribution in [2.24, 2.45) is 29.1 Å². The maximum atomic E-state index is 12.6. The van der Waals surface area contributed by atoms with Crippen molar-refractivity contribution in [3.63, 3.8) is 0 Å². The van der Waals surface area contributed by atoms with Gasteiger partial charge in [0.05, 0.1) is 86.2 Å². The zero-order valence-electron chi connectivity index (χ0n) is 75.8. The van der Waals surface area contributed by atoms with Crippen LogP contribution in [0, 0.1) is 63.4 Å². The zero-order chi connectivity index (χ0) is 90.0. The third-order valence-corrected chi connectivity index (χ3v) is 28.9. The SMILES string of the molecule is Cc1ccc(N2CCN(CC3CCN(C(=O)CC(C)(C)C)CC3)C[C@H]2c2ccc(Cl)cc2)c(Cl)c1.Cc1ccc(N2CCN(CC3CCN(C(=O)OC(C)C)CC3)C[C@H]2c2ccc(Cl)cc2)c(Cl)c1.Cc1ccc(N2CCN(CC3CCNCC3)C[C@H]2c2ccc(Cl)cc2)c(Cl)c1.[C-]#[N+]N1CCC(CN2CCN(c3ccc(C)cc3Cl)[C@H](c3ccc(Cl)cc3)C2)CC1. The summed E-state index contributed by atoms with van der Waals surface area (Å²) in [5.41, 5.74) is 14.3. The van der Waals surface area contributed by atoms with E-state index in [0.717, 1.165) is 258 Å². The van der Waals surface area contributed by atoms with Crippen LogP contribution in [0.5, 0.6) is 0 Å². The lowest BCUT2D eigenvalue weighted by molar-refractivity contribution is -0.134. The molecule has 0 aliphatic carbocycles. The predicted molar refractivity (Wildman–Crippen MR) is 532 cm³/mol. The summed E-state index contributed by atoms with van der Waals surface area (Å²) < 4.78 is 5.37. The largest absolute Gasteiger partial charge is 0.447 e. The van der Waals surface area contributed by atoms with Crippen molar-refractivity contribution in [3.05, 3.63) is 266 Å². The molecule has 24 heteroatoms. The van der Waals surface area contributed by atoms with E-state index in [-0.39, 0.29) is 41.8 Å². The number of hydrogen-bond donors (Lipinski definition) is 1. The molecule has 0 radical (unpaired) electrons. The lowest BCUT2D eigenvalue weighted by Crippen LogP contribution is -2.51. The molecule has 0 spiro atoms. The van der Waals surface area contributed by atoms with Crippen molar-refractivity contribution >= 4 is 128 Å². The quantitative estimate of drug-likeness (QED) is 0.0827. The van der Waals surface area contributed by atoms with E-state index in [1.807, 2.05) is 84.4 Å². The molecule has 8 aliphatic rings. The number of anilines is 4. The Morgan fingerprint density at radius 1 is 0.378 bits per heavy atom. The second-order valence-corrected chi connectivity index (χ2v) is 41.4. The number of halogens is 8. The van der Waals surface area contributed by atoms with E-state index in [4.69, 9.17) is 104 Å². The number of ether oxygens (including phenoxy) is 1. The number of piperidine rings is 4. The smallest absolute Gasteiger partial charge is 0.410 e. The van der Waals surface area contributed by atoms with E-state index in [1.54, 1.807) is 0 Å². The summed E-state index contributed by atoms with van der Waals surface area (Å²) in [6.45, 7) is 49.3. The summed E-state index contributed by atoms with van der Waals surface area (Å²) in [4.78, 5) is 52.6. The molecule has 8 aromatic rings.